The van der Waals surface area contributed by atoms with E-state index in [4.69, 9.17) is 5.11 Å². The number of carboxylic acids is 1. The fourth-order valence-electron chi connectivity index (χ4n) is 2.15. The average Bonchev–Trinajstić information content (AvgIpc) is 2.27. The third kappa shape index (κ3) is 2.06. The number of carbonyl (C=O) groups is 1. The SMILES string of the molecule is CN1C[C@H](C(=O)O)Cc2cc([N+](=O)[O-])ccc21. The van der Waals surface area contributed by atoms with Crippen LogP contribution in [0.5, 0.6) is 0 Å². The standard InChI is InChI=1S/C11H12N2O4/c1-12-6-8(11(14)15)4-7-5-9(13(16)17)2-3-10(7)12/h2-3,5,8H,4,6H2,1H3,(H,14,15)/t8-/m1/s1. The van der Waals surface area contributed by atoms with Crippen LogP contribution in [0.3, 0.4) is 0 Å². The summed E-state index contributed by atoms with van der Waals surface area (Å²) in [6, 6.07) is 4.57. The lowest BCUT2D eigenvalue weighted by atomic mass is 9.92. The number of benzene rings is 1. The van der Waals surface area contributed by atoms with Gasteiger partial charge in [-0.05, 0) is 18.1 Å². The summed E-state index contributed by atoms with van der Waals surface area (Å²) in [5.74, 6) is -1.37. The molecule has 0 spiro atoms. The Morgan fingerprint density at radius 2 is 2.29 bits per heavy atom. The van der Waals surface area contributed by atoms with Gasteiger partial charge in [0.25, 0.3) is 5.69 Å². The summed E-state index contributed by atoms with van der Waals surface area (Å²) in [6.07, 6.45) is 0.344. The van der Waals surface area contributed by atoms with Gasteiger partial charge < -0.3 is 10.0 Å². The first-order chi connectivity index (χ1) is 7.99. The molecule has 90 valence electrons. The van der Waals surface area contributed by atoms with Gasteiger partial charge >= 0.3 is 5.97 Å². The molecule has 0 saturated carbocycles. The maximum atomic E-state index is 11.0. The van der Waals surface area contributed by atoms with Crippen LogP contribution in [0.4, 0.5) is 11.4 Å². The predicted octanol–water partition coefficient (Wildman–Crippen LogP) is 1.29. The van der Waals surface area contributed by atoms with Crippen LogP contribution in [0.1, 0.15) is 5.56 Å². The first-order valence-corrected chi connectivity index (χ1v) is 5.20. The Morgan fingerprint density at radius 3 is 2.88 bits per heavy atom. The Morgan fingerprint density at radius 1 is 1.59 bits per heavy atom. The van der Waals surface area contributed by atoms with E-state index in [1.165, 1.54) is 12.1 Å². The van der Waals surface area contributed by atoms with Gasteiger partial charge in [-0.15, -0.1) is 0 Å². The monoisotopic (exact) mass is 236 g/mol. The smallest absolute Gasteiger partial charge is 0.308 e. The third-order valence-electron chi connectivity index (χ3n) is 2.99. The van der Waals surface area contributed by atoms with E-state index in [1.54, 1.807) is 13.1 Å². The number of anilines is 1. The molecule has 1 atom stereocenters. The van der Waals surface area contributed by atoms with Gasteiger partial charge in [0, 0.05) is 31.4 Å². The van der Waals surface area contributed by atoms with E-state index >= 15 is 0 Å². The average molecular weight is 236 g/mol. The number of nitro benzene ring substituents is 1. The van der Waals surface area contributed by atoms with E-state index in [2.05, 4.69) is 0 Å². The van der Waals surface area contributed by atoms with Gasteiger partial charge in [0.1, 0.15) is 0 Å². The number of non-ortho nitro benzene ring substituents is 1. The lowest BCUT2D eigenvalue weighted by Crippen LogP contribution is -2.36. The van der Waals surface area contributed by atoms with E-state index in [1.807, 2.05) is 4.90 Å². The Hall–Kier alpha value is -2.11. The molecule has 6 nitrogen and oxygen atoms in total. The second-order valence-corrected chi connectivity index (χ2v) is 4.19. The number of hydrogen-bond acceptors (Lipinski definition) is 4. The van der Waals surface area contributed by atoms with Gasteiger partial charge in [-0.25, -0.2) is 0 Å². The van der Waals surface area contributed by atoms with E-state index in [-0.39, 0.29) is 5.69 Å². The molecule has 0 saturated heterocycles. The molecule has 0 bridgehead atoms. The summed E-state index contributed by atoms with van der Waals surface area (Å²) in [4.78, 5) is 23.0. The molecule has 1 aliphatic rings. The zero-order valence-corrected chi connectivity index (χ0v) is 9.29. The molecule has 0 aromatic heterocycles. The minimum absolute atomic E-state index is 0.00295. The number of nitro groups is 1. The van der Waals surface area contributed by atoms with Crippen molar-refractivity contribution in [1.29, 1.82) is 0 Å². The fraction of sp³-hybridized carbons (Fsp3) is 0.364. The predicted molar refractivity (Wildman–Crippen MR) is 61.2 cm³/mol. The number of fused-ring (bicyclic) bond motifs is 1. The van der Waals surface area contributed by atoms with Crippen molar-refractivity contribution in [2.24, 2.45) is 5.92 Å². The Bertz CT molecular complexity index is 486. The maximum Gasteiger partial charge on any atom is 0.308 e. The highest BCUT2D eigenvalue weighted by molar-refractivity contribution is 5.74. The van der Waals surface area contributed by atoms with Gasteiger partial charge in [-0.3, -0.25) is 14.9 Å². The van der Waals surface area contributed by atoms with Gasteiger partial charge in [0.05, 0.1) is 10.8 Å². The van der Waals surface area contributed by atoms with Gasteiger partial charge in [0.2, 0.25) is 0 Å². The molecule has 1 aliphatic heterocycles. The van der Waals surface area contributed by atoms with Crippen molar-refractivity contribution in [1.82, 2.24) is 0 Å². The van der Waals surface area contributed by atoms with Crippen LogP contribution in [0.2, 0.25) is 0 Å². The van der Waals surface area contributed by atoms with Crippen LogP contribution in [-0.4, -0.2) is 29.6 Å². The first kappa shape index (κ1) is 11.4. The molecule has 0 aliphatic carbocycles. The topological polar surface area (TPSA) is 83.7 Å². The lowest BCUT2D eigenvalue weighted by molar-refractivity contribution is -0.384. The molecular weight excluding hydrogens is 224 g/mol. The molecule has 6 heteroatoms. The minimum Gasteiger partial charge on any atom is -0.481 e. The van der Waals surface area contributed by atoms with Crippen molar-refractivity contribution in [3.8, 4) is 0 Å². The Kier molecular flexibility index (Phi) is 2.71. The summed E-state index contributed by atoms with van der Waals surface area (Å²) < 4.78 is 0. The van der Waals surface area contributed by atoms with Gasteiger partial charge in [0.15, 0.2) is 0 Å². The summed E-state index contributed by atoms with van der Waals surface area (Å²) in [5, 5.41) is 19.7. The second kappa shape index (κ2) is 4.04. The maximum absolute atomic E-state index is 11.0. The van der Waals surface area contributed by atoms with Gasteiger partial charge in [-0.2, -0.15) is 0 Å². The largest absolute Gasteiger partial charge is 0.481 e. The van der Waals surface area contributed by atoms with Crippen molar-refractivity contribution in [2.75, 3.05) is 18.5 Å². The molecule has 1 aromatic rings. The Labute approximate surface area is 97.6 Å². The molecule has 0 fully saturated rings. The van der Waals surface area contributed by atoms with E-state index in [9.17, 15) is 14.9 Å². The van der Waals surface area contributed by atoms with Crippen molar-refractivity contribution >= 4 is 17.3 Å². The van der Waals surface area contributed by atoms with E-state index in [0.717, 1.165) is 11.3 Å². The minimum atomic E-state index is -0.867. The number of hydrogen-bond donors (Lipinski definition) is 1. The van der Waals surface area contributed by atoms with Crippen LogP contribution >= 0.6 is 0 Å². The fourth-order valence-corrected chi connectivity index (χ4v) is 2.15. The molecule has 0 amide bonds. The zero-order chi connectivity index (χ0) is 12.6. The number of rotatable bonds is 2. The van der Waals surface area contributed by atoms with Crippen LogP contribution in [0, 0.1) is 16.0 Å². The molecule has 2 rings (SSSR count). The van der Waals surface area contributed by atoms with Crippen LogP contribution in [0.15, 0.2) is 18.2 Å². The summed E-state index contributed by atoms with van der Waals surface area (Å²) in [6.45, 7) is 0.431. The Balaban J connectivity index is 2.40. The molecule has 0 unspecified atom stereocenters. The van der Waals surface area contributed by atoms with E-state index < -0.39 is 16.8 Å². The number of aliphatic carboxylic acids is 1. The van der Waals surface area contributed by atoms with Crippen molar-refractivity contribution in [3.63, 3.8) is 0 Å². The highest BCUT2D eigenvalue weighted by atomic mass is 16.6. The van der Waals surface area contributed by atoms with Crippen molar-refractivity contribution in [2.45, 2.75) is 6.42 Å². The third-order valence-corrected chi connectivity index (χ3v) is 2.99. The van der Waals surface area contributed by atoms with Crippen LogP contribution in [-0.2, 0) is 11.2 Å². The molecule has 1 aromatic carbocycles. The summed E-state index contributed by atoms with van der Waals surface area (Å²) >= 11 is 0. The normalized spacial score (nSPS) is 18.6. The highest BCUT2D eigenvalue weighted by Crippen LogP contribution is 2.31. The van der Waals surface area contributed by atoms with Gasteiger partial charge in [-0.1, -0.05) is 0 Å². The van der Waals surface area contributed by atoms with Crippen molar-refractivity contribution in [3.05, 3.63) is 33.9 Å². The first-order valence-electron chi connectivity index (χ1n) is 5.20. The number of carboxylic acid groups (broad SMARTS) is 1. The number of nitrogens with zero attached hydrogens (tertiary/aromatic N) is 2. The van der Waals surface area contributed by atoms with Crippen molar-refractivity contribution < 1.29 is 14.8 Å². The highest BCUT2D eigenvalue weighted by Gasteiger charge is 2.28. The molecule has 1 N–H and O–H groups in total. The molecular formula is C11H12N2O4. The second-order valence-electron chi connectivity index (χ2n) is 4.19. The molecule has 0 radical (unpaired) electrons. The zero-order valence-electron chi connectivity index (χ0n) is 9.29. The van der Waals surface area contributed by atoms with Crippen LogP contribution < -0.4 is 4.90 Å². The lowest BCUT2D eigenvalue weighted by Gasteiger charge is -2.31. The quantitative estimate of drug-likeness (QED) is 0.617. The molecule has 17 heavy (non-hydrogen) atoms. The summed E-state index contributed by atoms with van der Waals surface area (Å²) in [7, 11) is 1.79. The summed E-state index contributed by atoms with van der Waals surface area (Å²) in [5.41, 5.74) is 1.59. The molecule has 1 heterocycles. The van der Waals surface area contributed by atoms with E-state index in [0.29, 0.717) is 13.0 Å². The van der Waals surface area contributed by atoms with Crippen LogP contribution in [0.25, 0.3) is 0 Å².